The van der Waals surface area contributed by atoms with Gasteiger partial charge in [0.25, 0.3) is 0 Å². The van der Waals surface area contributed by atoms with Crippen LogP contribution >= 0.6 is 0 Å². The van der Waals surface area contributed by atoms with Gasteiger partial charge in [-0.15, -0.1) is 0 Å². The zero-order valence-electron chi connectivity index (χ0n) is 9.67. The minimum absolute atomic E-state index is 0.0819. The largest absolute Gasteiger partial charge is 0.396 e. The molecule has 0 amide bonds. The highest BCUT2D eigenvalue weighted by Crippen LogP contribution is 2.44. The maximum absolute atomic E-state index is 12.9. The first-order valence-electron chi connectivity index (χ1n) is 5.50. The van der Waals surface area contributed by atoms with E-state index in [0.29, 0.717) is 0 Å². The van der Waals surface area contributed by atoms with Gasteiger partial charge in [0, 0.05) is 6.20 Å². The number of nitrogens with two attached hydrogens (primary N) is 1. The van der Waals surface area contributed by atoms with Crippen molar-refractivity contribution in [3.63, 3.8) is 0 Å². The topological polar surface area (TPSA) is 90.4 Å². The molecule has 2 heterocycles. The van der Waals surface area contributed by atoms with E-state index < -0.39 is 43.1 Å². The Balaban J connectivity index is 2.38. The van der Waals surface area contributed by atoms with Crippen LogP contribution in [-0.4, -0.2) is 33.5 Å². The normalized spacial score (nSPS) is 27.7. The van der Waals surface area contributed by atoms with Crippen molar-refractivity contribution in [1.29, 1.82) is 0 Å². The van der Waals surface area contributed by atoms with E-state index in [1.54, 1.807) is 0 Å². The summed E-state index contributed by atoms with van der Waals surface area (Å²) < 4.78 is 44.5. The van der Waals surface area contributed by atoms with E-state index in [0.717, 1.165) is 10.8 Å². The van der Waals surface area contributed by atoms with E-state index in [2.05, 4.69) is 4.98 Å². The molecule has 0 spiro atoms. The lowest BCUT2D eigenvalue weighted by Gasteiger charge is -2.22. The van der Waals surface area contributed by atoms with Gasteiger partial charge < -0.3 is 15.6 Å². The number of aromatic nitrogens is 2. The van der Waals surface area contributed by atoms with Crippen molar-refractivity contribution in [3.05, 3.63) is 22.7 Å². The third-order valence-corrected chi connectivity index (χ3v) is 2.94. The molecule has 0 aliphatic carbocycles. The number of nitrogens with zero attached hydrogens (tertiary/aromatic N) is 2. The van der Waals surface area contributed by atoms with E-state index in [1.807, 2.05) is 0 Å². The van der Waals surface area contributed by atoms with Crippen LogP contribution < -0.4 is 11.4 Å². The number of ether oxygens (including phenoxy) is 1. The zero-order valence-corrected chi connectivity index (χ0v) is 9.67. The van der Waals surface area contributed by atoms with Crippen LogP contribution in [0.25, 0.3) is 0 Å². The average molecular weight is 279 g/mol. The fourth-order valence-electron chi connectivity index (χ4n) is 2.04. The van der Waals surface area contributed by atoms with Gasteiger partial charge in [-0.05, 0) is 12.5 Å². The summed E-state index contributed by atoms with van der Waals surface area (Å²) in [5.74, 6) is -1.95. The van der Waals surface area contributed by atoms with Gasteiger partial charge in [-0.1, -0.05) is 0 Å². The summed E-state index contributed by atoms with van der Waals surface area (Å²) >= 11 is 0. The molecule has 1 aliphatic heterocycles. The third kappa shape index (κ3) is 2.71. The van der Waals surface area contributed by atoms with Crippen molar-refractivity contribution in [2.24, 2.45) is 5.92 Å². The van der Waals surface area contributed by atoms with Gasteiger partial charge in [-0.3, -0.25) is 4.57 Å². The molecule has 0 saturated carbocycles. The average Bonchev–Trinajstić information content (AvgIpc) is 2.72. The number of aliphatic hydroxyl groups excluding tert-OH is 1. The summed E-state index contributed by atoms with van der Waals surface area (Å²) in [6.45, 7) is -0.541. The highest BCUT2D eigenvalue weighted by atomic mass is 19.4. The molecule has 0 unspecified atom stereocenters. The second-order valence-electron chi connectivity index (χ2n) is 4.26. The first-order chi connectivity index (χ1) is 8.82. The lowest BCUT2D eigenvalue weighted by atomic mass is 10.0. The Morgan fingerprint density at radius 2 is 2.26 bits per heavy atom. The molecule has 19 heavy (non-hydrogen) atoms. The Bertz CT molecular complexity index is 517. The monoisotopic (exact) mass is 279 g/mol. The van der Waals surface area contributed by atoms with E-state index in [-0.39, 0.29) is 5.82 Å². The summed E-state index contributed by atoms with van der Waals surface area (Å²) in [5.41, 5.74) is 4.35. The molecular weight excluding hydrogens is 267 g/mol. The Morgan fingerprint density at radius 1 is 1.58 bits per heavy atom. The second-order valence-corrected chi connectivity index (χ2v) is 4.26. The van der Waals surface area contributed by atoms with Crippen LogP contribution in [0, 0.1) is 5.92 Å². The summed E-state index contributed by atoms with van der Waals surface area (Å²) in [6.07, 6.45) is -6.32. The maximum atomic E-state index is 12.9. The molecule has 0 bridgehead atoms. The van der Waals surface area contributed by atoms with Crippen LogP contribution in [0.3, 0.4) is 0 Å². The Labute approximate surface area is 105 Å². The molecule has 1 aliphatic rings. The van der Waals surface area contributed by atoms with Crippen molar-refractivity contribution < 1.29 is 23.0 Å². The molecule has 2 rings (SSSR count). The summed E-state index contributed by atoms with van der Waals surface area (Å²) in [4.78, 5) is 14.9. The van der Waals surface area contributed by atoms with Gasteiger partial charge in [0.05, 0.1) is 12.7 Å². The standard InChI is InChI=1S/C10H12F3N3O3/c11-10(12,13)6-3-5(4-17)19-8(6)16-2-1-7(14)15-9(16)18/h1-2,5-6,8,17H,3-4H2,(H2,14,15,18)/t5-,6-,8-/m0/s1. The summed E-state index contributed by atoms with van der Waals surface area (Å²) in [6, 6.07) is 1.21. The molecule has 0 radical (unpaired) electrons. The fourth-order valence-corrected chi connectivity index (χ4v) is 2.04. The molecule has 9 heteroatoms. The molecule has 6 nitrogen and oxygen atoms in total. The zero-order chi connectivity index (χ0) is 14.2. The Morgan fingerprint density at radius 3 is 2.79 bits per heavy atom. The first-order valence-corrected chi connectivity index (χ1v) is 5.50. The minimum atomic E-state index is -4.53. The van der Waals surface area contributed by atoms with Crippen LogP contribution in [0.4, 0.5) is 19.0 Å². The minimum Gasteiger partial charge on any atom is -0.394 e. The van der Waals surface area contributed by atoms with Gasteiger partial charge in [-0.2, -0.15) is 18.2 Å². The van der Waals surface area contributed by atoms with Crippen LogP contribution in [0.5, 0.6) is 0 Å². The molecule has 3 N–H and O–H groups in total. The van der Waals surface area contributed by atoms with Gasteiger partial charge in [0.2, 0.25) is 0 Å². The number of anilines is 1. The fraction of sp³-hybridized carbons (Fsp3) is 0.600. The highest BCUT2D eigenvalue weighted by Gasteiger charge is 2.52. The lowest BCUT2D eigenvalue weighted by Crippen LogP contribution is -2.35. The van der Waals surface area contributed by atoms with Crippen molar-refractivity contribution in [2.75, 3.05) is 12.3 Å². The van der Waals surface area contributed by atoms with Crippen LogP contribution in [0.1, 0.15) is 12.6 Å². The van der Waals surface area contributed by atoms with Gasteiger partial charge in [-0.25, -0.2) is 4.79 Å². The smallest absolute Gasteiger partial charge is 0.394 e. The lowest BCUT2D eigenvalue weighted by molar-refractivity contribution is -0.198. The van der Waals surface area contributed by atoms with Crippen molar-refractivity contribution in [2.45, 2.75) is 24.9 Å². The molecule has 3 atom stereocenters. The predicted molar refractivity (Wildman–Crippen MR) is 58.1 cm³/mol. The molecule has 1 fully saturated rings. The quantitative estimate of drug-likeness (QED) is 0.811. The van der Waals surface area contributed by atoms with E-state index in [9.17, 15) is 18.0 Å². The van der Waals surface area contributed by atoms with Gasteiger partial charge in [0.15, 0.2) is 0 Å². The van der Waals surface area contributed by atoms with Gasteiger partial charge in [0.1, 0.15) is 18.0 Å². The van der Waals surface area contributed by atoms with E-state index in [4.69, 9.17) is 15.6 Å². The highest BCUT2D eigenvalue weighted by molar-refractivity contribution is 5.23. The van der Waals surface area contributed by atoms with E-state index >= 15 is 0 Å². The number of hydrogen-bond donors (Lipinski definition) is 2. The number of nitrogen functional groups attached to an aromatic ring is 1. The number of hydrogen-bond acceptors (Lipinski definition) is 5. The van der Waals surface area contributed by atoms with Crippen molar-refractivity contribution >= 4 is 5.82 Å². The number of alkyl halides is 3. The molecule has 1 saturated heterocycles. The van der Waals surface area contributed by atoms with Crippen molar-refractivity contribution in [3.8, 4) is 0 Å². The SMILES string of the molecule is Nc1ccn([C@H]2O[C@H](CO)C[C@@H]2C(F)(F)F)c(=O)n1. The Hall–Kier alpha value is -1.61. The molecule has 1 aromatic heterocycles. The maximum Gasteiger partial charge on any atom is 0.396 e. The van der Waals surface area contributed by atoms with E-state index in [1.165, 1.54) is 6.07 Å². The third-order valence-electron chi connectivity index (χ3n) is 2.94. The van der Waals surface area contributed by atoms with Crippen LogP contribution in [-0.2, 0) is 4.74 Å². The van der Waals surface area contributed by atoms with Crippen LogP contribution in [0.2, 0.25) is 0 Å². The van der Waals surface area contributed by atoms with Crippen LogP contribution in [0.15, 0.2) is 17.1 Å². The van der Waals surface area contributed by atoms with Gasteiger partial charge >= 0.3 is 11.9 Å². The number of halogens is 3. The number of rotatable bonds is 2. The first kappa shape index (κ1) is 13.8. The predicted octanol–water partition coefficient (Wildman–Crippen LogP) is 0.284. The Kier molecular flexibility index (Phi) is 3.50. The second kappa shape index (κ2) is 4.82. The molecule has 0 aromatic carbocycles. The molecule has 1 aromatic rings. The van der Waals surface area contributed by atoms with Crippen molar-refractivity contribution in [1.82, 2.24) is 9.55 Å². The summed E-state index contributed by atoms with van der Waals surface area (Å²) in [7, 11) is 0. The number of aliphatic hydroxyl groups is 1. The summed E-state index contributed by atoms with van der Waals surface area (Å²) in [5, 5.41) is 8.91. The molecular formula is C10H12F3N3O3. The molecule has 106 valence electrons.